The van der Waals surface area contributed by atoms with E-state index in [1.165, 1.54) is 57.6 Å². The molecule has 2 aliphatic rings. The van der Waals surface area contributed by atoms with Crippen molar-refractivity contribution in [3.8, 4) is 22.3 Å². The van der Waals surface area contributed by atoms with Crippen molar-refractivity contribution in [1.82, 2.24) is 9.97 Å². The lowest BCUT2D eigenvalue weighted by Crippen LogP contribution is -2.29. The molecule has 2 unspecified atom stereocenters. The molecule has 2 nitrogen and oxygen atoms in total. The molecule has 2 atom stereocenters. The van der Waals surface area contributed by atoms with Gasteiger partial charge >= 0.3 is 0 Å². The molecule has 2 aliphatic carbocycles. The number of aryl methyl sites for hydroxylation is 2. The van der Waals surface area contributed by atoms with Crippen molar-refractivity contribution in [1.29, 1.82) is 0 Å². The second-order valence-electron chi connectivity index (χ2n) is 11.9. The van der Waals surface area contributed by atoms with E-state index in [-0.39, 0.29) is 0 Å². The van der Waals surface area contributed by atoms with Gasteiger partial charge in [-0.25, -0.2) is 0 Å². The van der Waals surface area contributed by atoms with Gasteiger partial charge in [0.2, 0.25) is 0 Å². The number of hydrogen-bond donors (Lipinski definition) is 0. The summed E-state index contributed by atoms with van der Waals surface area (Å²) in [6.45, 7) is 0. The molecule has 0 aliphatic heterocycles. The molecule has 206 valence electrons. The van der Waals surface area contributed by atoms with Crippen LogP contribution < -0.4 is 0 Å². The minimum absolute atomic E-state index is 0.588. The summed E-state index contributed by atoms with van der Waals surface area (Å²) in [6.07, 6.45) is 6.45. The molecule has 0 bridgehead atoms. The van der Waals surface area contributed by atoms with Crippen LogP contribution in [0.5, 0.6) is 0 Å². The Morgan fingerprint density at radius 3 is 1.38 bits per heavy atom. The van der Waals surface area contributed by atoms with Crippen molar-refractivity contribution in [3.05, 3.63) is 130 Å². The van der Waals surface area contributed by atoms with Crippen LogP contribution in [0.4, 0.5) is 0 Å². The maximum atomic E-state index is 6.53. The zero-order chi connectivity index (χ0) is 28.2. The van der Waals surface area contributed by atoms with Gasteiger partial charge in [0.25, 0.3) is 0 Å². The Kier molecular flexibility index (Phi) is 6.50. The number of fused-ring (bicyclic) bond motifs is 4. The van der Waals surface area contributed by atoms with Crippen LogP contribution >= 0.6 is 23.2 Å². The SMILES string of the molecule is Clc1ccc2nc3c(c(-c4ccccc4)c2c1)CC(C1CCc2nc4ccc(Cl)cc4c(-c4ccccc4)c2C1)CC3. The number of benzene rings is 4. The average molecular weight is 586 g/mol. The van der Waals surface area contributed by atoms with Crippen LogP contribution in [0.1, 0.15) is 35.4 Å². The molecule has 2 heterocycles. The molecule has 0 spiro atoms. The first-order valence-electron chi connectivity index (χ1n) is 15.0. The largest absolute Gasteiger partial charge is 0.253 e. The fourth-order valence-electron chi connectivity index (χ4n) is 7.55. The van der Waals surface area contributed by atoms with Gasteiger partial charge in [0.1, 0.15) is 0 Å². The summed E-state index contributed by atoms with van der Waals surface area (Å²) in [7, 11) is 0. The molecule has 0 amide bonds. The van der Waals surface area contributed by atoms with Crippen LogP contribution in [0, 0.1) is 11.8 Å². The smallest absolute Gasteiger partial charge is 0.0712 e. The van der Waals surface area contributed by atoms with E-state index in [0.29, 0.717) is 11.8 Å². The van der Waals surface area contributed by atoms with Crippen molar-refractivity contribution in [2.24, 2.45) is 11.8 Å². The van der Waals surface area contributed by atoms with Crippen LogP contribution in [0.25, 0.3) is 44.1 Å². The summed E-state index contributed by atoms with van der Waals surface area (Å²) in [5.41, 5.74) is 12.5. The van der Waals surface area contributed by atoms with E-state index in [9.17, 15) is 0 Å². The van der Waals surface area contributed by atoms with Gasteiger partial charge in [-0.15, -0.1) is 0 Å². The molecule has 8 rings (SSSR count). The molecule has 0 radical (unpaired) electrons. The Morgan fingerprint density at radius 2 is 0.952 bits per heavy atom. The number of nitrogens with zero attached hydrogens (tertiary/aromatic N) is 2. The normalized spacial score (nSPS) is 18.1. The van der Waals surface area contributed by atoms with Crippen molar-refractivity contribution in [2.45, 2.75) is 38.5 Å². The first kappa shape index (κ1) is 25.9. The molecule has 42 heavy (non-hydrogen) atoms. The summed E-state index contributed by atoms with van der Waals surface area (Å²) in [6, 6.07) is 33.9. The van der Waals surface area contributed by atoms with Crippen molar-refractivity contribution >= 4 is 45.0 Å². The predicted octanol–water partition coefficient (Wildman–Crippen LogP) is 10.3. The van der Waals surface area contributed by atoms with E-state index in [0.717, 1.165) is 57.5 Å². The fourth-order valence-corrected chi connectivity index (χ4v) is 7.90. The molecule has 0 N–H and O–H groups in total. The molecule has 0 saturated carbocycles. The van der Waals surface area contributed by atoms with Gasteiger partial charge in [-0.2, -0.15) is 0 Å². The van der Waals surface area contributed by atoms with Crippen molar-refractivity contribution < 1.29 is 0 Å². The van der Waals surface area contributed by atoms with E-state index >= 15 is 0 Å². The minimum Gasteiger partial charge on any atom is -0.253 e. The van der Waals surface area contributed by atoms with E-state index in [2.05, 4.69) is 84.9 Å². The standard InChI is InChI=1S/C38H30Cl2N2/c39-27-13-17-35-31(21-27)37(23-7-3-1-4-8-23)29-19-25(11-15-33(29)41-35)26-12-16-34-30(20-26)38(24-9-5-2-6-10-24)32-22-28(40)14-18-36(32)42-34/h1-10,13-14,17-18,21-22,25-26H,11-12,15-16,19-20H2. The third-order valence-corrected chi connectivity index (χ3v) is 9.97. The maximum Gasteiger partial charge on any atom is 0.0712 e. The zero-order valence-corrected chi connectivity index (χ0v) is 24.8. The topological polar surface area (TPSA) is 25.8 Å². The van der Waals surface area contributed by atoms with E-state index in [1.54, 1.807) is 0 Å². The Bertz CT molecular complexity index is 1820. The highest BCUT2D eigenvalue weighted by molar-refractivity contribution is 6.32. The van der Waals surface area contributed by atoms with Gasteiger partial charge in [0.05, 0.1) is 11.0 Å². The lowest BCUT2D eigenvalue weighted by atomic mass is 9.69. The highest BCUT2D eigenvalue weighted by Crippen LogP contribution is 2.45. The van der Waals surface area contributed by atoms with Crippen LogP contribution in [0.2, 0.25) is 10.0 Å². The fraction of sp³-hybridized carbons (Fsp3) is 0.211. The Labute approximate surface area is 256 Å². The molecule has 2 aromatic heterocycles. The lowest BCUT2D eigenvalue weighted by Gasteiger charge is -2.36. The van der Waals surface area contributed by atoms with Gasteiger partial charge < -0.3 is 0 Å². The summed E-state index contributed by atoms with van der Waals surface area (Å²) in [5.74, 6) is 1.18. The number of rotatable bonds is 3. The van der Waals surface area contributed by atoms with Gasteiger partial charge in [-0.3, -0.25) is 9.97 Å². The third-order valence-electron chi connectivity index (χ3n) is 9.50. The van der Waals surface area contributed by atoms with Gasteiger partial charge in [-0.1, -0.05) is 83.9 Å². The summed E-state index contributed by atoms with van der Waals surface area (Å²) < 4.78 is 0. The highest BCUT2D eigenvalue weighted by Gasteiger charge is 2.33. The molecule has 4 aromatic carbocycles. The second kappa shape index (κ2) is 10.5. The number of hydrogen-bond acceptors (Lipinski definition) is 2. The van der Waals surface area contributed by atoms with Crippen LogP contribution in [0.15, 0.2) is 97.1 Å². The highest BCUT2D eigenvalue weighted by atomic mass is 35.5. The molecule has 4 heteroatoms. The molecule has 0 saturated heterocycles. The van der Waals surface area contributed by atoms with Gasteiger partial charge in [0, 0.05) is 32.2 Å². The number of aromatic nitrogens is 2. The maximum absolute atomic E-state index is 6.53. The molecular formula is C38H30Cl2N2. The zero-order valence-electron chi connectivity index (χ0n) is 23.3. The van der Waals surface area contributed by atoms with Crippen LogP contribution in [0.3, 0.4) is 0 Å². The summed E-state index contributed by atoms with van der Waals surface area (Å²) in [4.78, 5) is 10.3. The Hall–Kier alpha value is -3.72. The van der Waals surface area contributed by atoms with Gasteiger partial charge in [-0.05, 0) is 120 Å². The quantitative estimate of drug-likeness (QED) is 0.207. The minimum atomic E-state index is 0.588. The van der Waals surface area contributed by atoms with Crippen LogP contribution in [-0.4, -0.2) is 9.97 Å². The number of halogens is 2. The first-order chi connectivity index (χ1) is 20.6. The monoisotopic (exact) mass is 584 g/mol. The number of pyridine rings is 2. The third kappa shape index (κ3) is 4.49. The van der Waals surface area contributed by atoms with Gasteiger partial charge in [0.15, 0.2) is 0 Å². The second-order valence-corrected chi connectivity index (χ2v) is 12.8. The van der Waals surface area contributed by atoms with E-state index in [1.807, 2.05) is 12.1 Å². The van der Waals surface area contributed by atoms with Crippen molar-refractivity contribution in [2.75, 3.05) is 0 Å². The molecule has 6 aromatic rings. The first-order valence-corrected chi connectivity index (χ1v) is 15.7. The lowest BCUT2D eigenvalue weighted by molar-refractivity contribution is 0.268. The molecular weight excluding hydrogens is 555 g/mol. The average Bonchev–Trinajstić information content (AvgIpc) is 3.03. The van der Waals surface area contributed by atoms with Crippen molar-refractivity contribution in [3.63, 3.8) is 0 Å². The van der Waals surface area contributed by atoms with E-state index < -0.39 is 0 Å². The van der Waals surface area contributed by atoms with Crippen LogP contribution in [-0.2, 0) is 25.7 Å². The Balaban J connectivity index is 1.22. The Morgan fingerprint density at radius 1 is 0.524 bits per heavy atom. The summed E-state index contributed by atoms with van der Waals surface area (Å²) >= 11 is 13.1. The predicted molar refractivity (Wildman–Crippen MR) is 175 cm³/mol. The van der Waals surface area contributed by atoms with E-state index in [4.69, 9.17) is 33.2 Å². The summed E-state index contributed by atoms with van der Waals surface area (Å²) in [5, 5.41) is 3.82. The molecule has 0 fully saturated rings.